The summed E-state index contributed by atoms with van der Waals surface area (Å²) >= 11 is 0. The van der Waals surface area contributed by atoms with Crippen LogP contribution in [0.2, 0.25) is 0 Å². The van der Waals surface area contributed by atoms with Crippen molar-refractivity contribution in [2.75, 3.05) is 13.7 Å². The summed E-state index contributed by atoms with van der Waals surface area (Å²) in [6.07, 6.45) is 2.25. The van der Waals surface area contributed by atoms with Crippen molar-refractivity contribution in [1.82, 2.24) is 15.2 Å². The zero-order valence-electron chi connectivity index (χ0n) is 22.2. The van der Waals surface area contributed by atoms with E-state index in [9.17, 15) is 9.59 Å². The van der Waals surface area contributed by atoms with Gasteiger partial charge in [-0.2, -0.15) is 0 Å². The third-order valence-electron chi connectivity index (χ3n) is 6.75. The zero-order chi connectivity index (χ0) is 26.9. The lowest BCUT2D eigenvalue weighted by molar-refractivity contribution is -0.140. The number of fused-ring (bicyclic) bond motifs is 3. The fraction of sp³-hybridized carbons (Fsp3) is 0.250. The average Bonchev–Trinajstić information content (AvgIpc) is 3.17. The zero-order valence-corrected chi connectivity index (χ0v) is 22.2. The van der Waals surface area contributed by atoms with Gasteiger partial charge in [0.25, 0.3) is 0 Å². The molecule has 6 nitrogen and oxygen atoms in total. The van der Waals surface area contributed by atoms with Gasteiger partial charge in [-0.25, -0.2) is 0 Å². The van der Waals surface area contributed by atoms with Gasteiger partial charge in [-0.15, -0.1) is 0 Å². The van der Waals surface area contributed by atoms with Crippen LogP contribution < -0.4 is 10.1 Å². The van der Waals surface area contributed by atoms with E-state index in [4.69, 9.17) is 4.74 Å². The SMILES string of the molecule is COc1ccc(CC(=O)N2CC=C(c3ccccc3)c3c([nH]c4ccccc34)C2C(=O)NC(C)(C)C)cc1. The van der Waals surface area contributed by atoms with Crippen molar-refractivity contribution >= 4 is 28.3 Å². The van der Waals surface area contributed by atoms with Gasteiger partial charge in [-0.05, 0) is 55.7 Å². The predicted octanol–water partition coefficient (Wildman–Crippen LogP) is 5.65. The standard InChI is InChI=1S/C32H33N3O3/c1-32(2,3)34-31(37)30-29-28(25-12-8-9-13-26(25)33-29)24(22-10-6-5-7-11-22)18-19-35(30)27(36)20-21-14-16-23(38-4)17-15-21/h5-18,30,33H,19-20H2,1-4H3,(H,34,37). The van der Waals surface area contributed by atoms with Gasteiger partial charge in [-0.1, -0.05) is 66.7 Å². The molecule has 0 spiro atoms. The molecule has 6 heteroatoms. The quantitative estimate of drug-likeness (QED) is 0.367. The topological polar surface area (TPSA) is 74.4 Å². The van der Waals surface area contributed by atoms with Crippen LogP contribution in [-0.4, -0.2) is 40.9 Å². The molecular formula is C32H33N3O3. The van der Waals surface area contributed by atoms with Gasteiger partial charge in [0.1, 0.15) is 5.75 Å². The van der Waals surface area contributed by atoms with E-state index in [-0.39, 0.29) is 18.2 Å². The lowest BCUT2D eigenvalue weighted by Gasteiger charge is -2.32. The summed E-state index contributed by atoms with van der Waals surface area (Å²) in [5, 5.41) is 4.15. The summed E-state index contributed by atoms with van der Waals surface area (Å²) in [6.45, 7) is 6.15. The molecule has 1 atom stereocenters. The second-order valence-electron chi connectivity index (χ2n) is 10.7. The number of carbonyl (C=O) groups is 2. The number of aromatic amines is 1. The molecular weight excluding hydrogens is 474 g/mol. The summed E-state index contributed by atoms with van der Waals surface area (Å²) in [6, 6.07) is 24.8. The van der Waals surface area contributed by atoms with Gasteiger partial charge < -0.3 is 19.9 Å². The van der Waals surface area contributed by atoms with E-state index < -0.39 is 11.6 Å². The molecule has 38 heavy (non-hydrogen) atoms. The van der Waals surface area contributed by atoms with Crippen LogP contribution in [0.15, 0.2) is 84.9 Å². The molecule has 0 aliphatic carbocycles. The molecule has 0 bridgehead atoms. The smallest absolute Gasteiger partial charge is 0.249 e. The molecule has 1 aromatic heterocycles. The lowest BCUT2D eigenvalue weighted by Crippen LogP contribution is -2.49. The molecule has 1 unspecified atom stereocenters. The largest absolute Gasteiger partial charge is 0.497 e. The third-order valence-corrected chi connectivity index (χ3v) is 6.75. The summed E-state index contributed by atoms with van der Waals surface area (Å²) in [4.78, 5) is 33.0. The van der Waals surface area contributed by atoms with Crippen molar-refractivity contribution < 1.29 is 14.3 Å². The van der Waals surface area contributed by atoms with Crippen LogP contribution in [0.3, 0.4) is 0 Å². The maximum absolute atomic E-state index is 13.9. The van der Waals surface area contributed by atoms with Crippen molar-refractivity contribution in [2.24, 2.45) is 0 Å². The highest BCUT2D eigenvalue weighted by atomic mass is 16.5. The highest BCUT2D eigenvalue weighted by Crippen LogP contribution is 2.40. The van der Waals surface area contributed by atoms with E-state index in [0.717, 1.165) is 44.6 Å². The van der Waals surface area contributed by atoms with E-state index in [2.05, 4.69) is 34.6 Å². The van der Waals surface area contributed by atoms with Gasteiger partial charge >= 0.3 is 0 Å². The predicted molar refractivity (Wildman–Crippen MR) is 151 cm³/mol. The summed E-state index contributed by atoms with van der Waals surface area (Å²) < 4.78 is 5.26. The minimum atomic E-state index is -0.820. The van der Waals surface area contributed by atoms with Crippen LogP contribution in [0.1, 0.15) is 49.2 Å². The van der Waals surface area contributed by atoms with Crippen LogP contribution >= 0.6 is 0 Å². The van der Waals surface area contributed by atoms with Crippen molar-refractivity contribution in [3.63, 3.8) is 0 Å². The summed E-state index contributed by atoms with van der Waals surface area (Å²) in [5.74, 6) is 0.395. The molecule has 5 rings (SSSR count). The molecule has 0 saturated carbocycles. The van der Waals surface area contributed by atoms with Crippen LogP contribution in [0, 0.1) is 0 Å². The van der Waals surface area contributed by atoms with E-state index in [1.807, 2.05) is 81.4 Å². The summed E-state index contributed by atoms with van der Waals surface area (Å²) in [5.41, 5.74) is 5.06. The Balaban J connectivity index is 1.65. The Morgan fingerprint density at radius 2 is 1.66 bits per heavy atom. The highest BCUT2D eigenvalue weighted by molar-refractivity contribution is 6.02. The Kier molecular flexibility index (Phi) is 6.81. The fourth-order valence-electron chi connectivity index (χ4n) is 5.07. The molecule has 194 valence electrons. The third kappa shape index (κ3) is 5.07. The molecule has 2 N–H and O–H groups in total. The minimum absolute atomic E-state index is 0.126. The Morgan fingerprint density at radius 3 is 2.34 bits per heavy atom. The Labute approximate surface area is 223 Å². The van der Waals surface area contributed by atoms with Crippen LogP contribution in [0.5, 0.6) is 5.75 Å². The highest BCUT2D eigenvalue weighted by Gasteiger charge is 2.38. The monoisotopic (exact) mass is 507 g/mol. The first kappa shape index (κ1) is 25.3. The Morgan fingerprint density at radius 1 is 0.974 bits per heavy atom. The van der Waals surface area contributed by atoms with Crippen molar-refractivity contribution in [1.29, 1.82) is 0 Å². The maximum atomic E-state index is 13.9. The molecule has 2 heterocycles. The molecule has 2 amide bonds. The number of hydrogen-bond acceptors (Lipinski definition) is 3. The first-order valence-electron chi connectivity index (χ1n) is 12.9. The number of ether oxygens (including phenoxy) is 1. The normalized spacial score (nSPS) is 15.4. The summed E-state index contributed by atoms with van der Waals surface area (Å²) in [7, 11) is 1.62. The second kappa shape index (κ2) is 10.2. The van der Waals surface area contributed by atoms with Gasteiger partial charge in [0.15, 0.2) is 6.04 Å². The molecule has 0 saturated heterocycles. The fourth-order valence-corrected chi connectivity index (χ4v) is 5.07. The van der Waals surface area contributed by atoms with Gasteiger partial charge in [0, 0.05) is 28.6 Å². The van der Waals surface area contributed by atoms with Crippen LogP contribution in [0.25, 0.3) is 16.5 Å². The molecule has 0 radical (unpaired) electrons. The van der Waals surface area contributed by atoms with Gasteiger partial charge in [0.05, 0.1) is 19.2 Å². The number of methoxy groups -OCH3 is 1. The molecule has 1 aliphatic rings. The number of nitrogens with one attached hydrogen (secondary N) is 2. The first-order chi connectivity index (χ1) is 18.2. The number of aromatic nitrogens is 1. The van der Waals surface area contributed by atoms with Crippen molar-refractivity contribution in [2.45, 2.75) is 38.8 Å². The number of benzene rings is 3. The van der Waals surface area contributed by atoms with E-state index >= 15 is 0 Å². The van der Waals surface area contributed by atoms with Crippen molar-refractivity contribution in [3.05, 3.63) is 107 Å². The number of amides is 2. The number of rotatable bonds is 5. The number of nitrogens with zero attached hydrogens (tertiary/aromatic N) is 1. The van der Waals surface area contributed by atoms with Crippen LogP contribution in [0.4, 0.5) is 0 Å². The lowest BCUT2D eigenvalue weighted by atomic mass is 9.93. The van der Waals surface area contributed by atoms with E-state index in [1.165, 1.54) is 0 Å². The molecule has 1 aliphatic heterocycles. The first-order valence-corrected chi connectivity index (χ1v) is 12.9. The molecule has 3 aromatic carbocycles. The Bertz CT molecular complexity index is 1490. The van der Waals surface area contributed by atoms with E-state index in [1.54, 1.807) is 12.0 Å². The van der Waals surface area contributed by atoms with Crippen molar-refractivity contribution in [3.8, 4) is 5.75 Å². The maximum Gasteiger partial charge on any atom is 0.249 e. The van der Waals surface area contributed by atoms with Gasteiger partial charge in [-0.3, -0.25) is 9.59 Å². The van der Waals surface area contributed by atoms with E-state index in [0.29, 0.717) is 6.54 Å². The number of H-pyrrole nitrogens is 1. The number of carbonyl (C=O) groups excluding carboxylic acids is 2. The van der Waals surface area contributed by atoms with Crippen LogP contribution in [-0.2, 0) is 16.0 Å². The molecule has 4 aromatic rings. The molecule has 0 fully saturated rings. The average molecular weight is 508 g/mol. The minimum Gasteiger partial charge on any atom is -0.497 e. The second-order valence-corrected chi connectivity index (χ2v) is 10.7. The number of para-hydroxylation sites is 1. The van der Waals surface area contributed by atoms with Gasteiger partial charge in [0.2, 0.25) is 11.8 Å². The number of hydrogen-bond donors (Lipinski definition) is 2. The Hall–Kier alpha value is -4.32.